The number of halogens is 3. The molecule has 7 nitrogen and oxygen atoms in total. The number of benzene rings is 2. The molecule has 37 heavy (non-hydrogen) atoms. The van der Waals surface area contributed by atoms with Crippen LogP contribution in [-0.4, -0.2) is 69.4 Å². The van der Waals surface area contributed by atoms with Crippen LogP contribution in [0.2, 0.25) is 5.02 Å². The molecule has 0 N–H and O–H groups in total. The SMILES string of the molecule is Cc1c(Cl)ccc2sc(N(CCCN3CCOCC3)C(=O)CCCS(=O)(=O)c3ccc(F)cc3)nc12.Cl. The third-order valence-corrected chi connectivity index (χ3v) is 9.47. The van der Waals surface area contributed by atoms with E-state index in [2.05, 4.69) is 4.90 Å². The number of carbonyl (C=O) groups is 1. The van der Waals surface area contributed by atoms with Crippen LogP contribution in [0.5, 0.6) is 0 Å². The van der Waals surface area contributed by atoms with Gasteiger partial charge in [-0.2, -0.15) is 0 Å². The van der Waals surface area contributed by atoms with E-state index in [1.54, 1.807) is 4.90 Å². The molecule has 0 radical (unpaired) electrons. The van der Waals surface area contributed by atoms with E-state index in [1.165, 1.54) is 23.5 Å². The molecule has 12 heteroatoms. The molecular formula is C25H30Cl2FN3O4S2. The van der Waals surface area contributed by atoms with Gasteiger partial charge in [-0.3, -0.25) is 14.6 Å². The van der Waals surface area contributed by atoms with Crippen molar-refractivity contribution in [2.45, 2.75) is 31.1 Å². The Labute approximate surface area is 231 Å². The maximum Gasteiger partial charge on any atom is 0.228 e. The first kappa shape index (κ1) is 29.7. The van der Waals surface area contributed by atoms with Crippen LogP contribution in [0.15, 0.2) is 41.3 Å². The molecule has 1 saturated heterocycles. The van der Waals surface area contributed by atoms with Gasteiger partial charge in [0, 0.05) is 37.6 Å². The Kier molecular flexibility index (Phi) is 10.7. The van der Waals surface area contributed by atoms with Gasteiger partial charge in [0.2, 0.25) is 5.91 Å². The number of hydrogen-bond donors (Lipinski definition) is 0. The monoisotopic (exact) mass is 589 g/mol. The summed E-state index contributed by atoms with van der Waals surface area (Å²) in [6, 6.07) is 8.47. The lowest BCUT2D eigenvalue weighted by atomic mass is 10.2. The van der Waals surface area contributed by atoms with E-state index >= 15 is 0 Å². The number of anilines is 1. The number of ether oxygens (including phenoxy) is 1. The van der Waals surface area contributed by atoms with E-state index in [1.807, 2.05) is 19.1 Å². The quantitative estimate of drug-likeness (QED) is 0.305. The average Bonchev–Trinajstić information content (AvgIpc) is 3.29. The van der Waals surface area contributed by atoms with Crippen molar-refractivity contribution in [2.24, 2.45) is 0 Å². The number of aryl methyl sites for hydroxylation is 1. The van der Waals surface area contributed by atoms with E-state index in [-0.39, 0.29) is 41.8 Å². The number of carbonyl (C=O) groups excluding carboxylic acids is 1. The Morgan fingerprint density at radius 3 is 2.57 bits per heavy atom. The Hall–Kier alpha value is -1.82. The van der Waals surface area contributed by atoms with Gasteiger partial charge in [-0.05, 0) is 61.7 Å². The van der Waals surface area contributed by atoms with E-state index in [0.717, 1.165) is 54.0 Å². The van der Waals surface area contributed by atoms with Crippen molar-refractivity contribution in [1.29, 1.82) is 0 Å². The Morgan fingerprint density at radius 2 is 1.86 bits per heavy atom. The summed E-state index contributed by atoms with van der Waals surface area (Å²) in [5.41, 5.74) is 1.63. The standard InChI is InChI=1S/C25H29ClFN3O4S2.ClH/c1-18-21(26)9-10-22-24(18)28-25(35-22)30(12-3-11-29-13-15-34-16-14-29)23(31)4-2-17-36(32,33)20-7-5-19(27)6-8-20;/h5-10H,2-4,11-17H2,1H3;1H. The lowest BCUT2D eigenvalue weighted by Gasteiger charge is -2.27. The van der Waals surface area contributed by atoms with Crippen molar-refractivity contribution in [3.63, 3.8) is 0 Å². The maximum atomic E-state index is 13.3. The molecule has 1 aromatic heterocycles. The Morgan fingerprint density at radius 1 is 1.16 bits per heavy atom. The number of nitrogens with zero attached hydrogens (tertiary/aromatic N) is 3. The third-order valence-electron chi connectivity index (χ3n) is 6.20. The number of fused-ring (bicyclic) bond motifs is 1. The normalized spacial score (nSPS) is 14.5. The lowest BCUT2D eigenvalue weighted by Crippen LogP contribution is -2.39. The van der Waals surface area contributed by atoms with Gasteiger partial charge in [0.25, 0.3) is 0 Å². The summed E-state index contributed by atoms with van der Waals surface area (Å²) in [4.78, 5) is 22.1. The van der Waals surface area contributed by atoms with Gasteiger partial charge in [0.15, 0.2) is 15.0 Å². The van der Waals surface area contributed by atoms with Crippen LogP contribution in [0.1, 0.15) is 24.8 Å². The second-order valence-electron chi connectivity index (χ2n) is 8.74. The molecule has 0 saturated carbocycles. The fourth-order valence-electron chi connectivity index (χ4n) is 4.12. The number of hydrogen-bond acceptors (Lipinski definition) is 7. The van der Waals surface area contributed by atoms with Crippen LogP contribution in [0.4, 0.5) is 9.52 Å². The number of rotatable bonds is 10. The highest BCUT2D eigenvalue weighted by Crippen LogP contribution is 2.34. The first-order valence-corrected chi connectivity index (χ1v) is 14.7. The molecule has 1 amide bonds. The van der Waals surface area contributed by atoms with E-state index in [0.29, 0.717) is 29.9 Å². The highest BCUT2D eigenvalue weighted by Gasteiger charge is 2.23. The minimum absolute atomic E-state index is 0. The molecule has 0 aliphatic carbocycles. The summed E-state index contributed by atoms with van der Waals surface area (Å²) in [5.74, 6) is -0.862. The summed E-state index contributed by atoms with van der Waals surface area (Å²) >= 11 is 7.70. The summed E-state index contributed by atoms with van der Waals surface area (Å²) in [6.07, 6.45) is 0.983. The number of sulfone groups is 1. The molecule has 0 unspecified atom stereocenters. The molecule has 1 fully saturated rings. The molecule has 0 spiro atoms. The summed E-state index contributed by atoms with van der Waals surface area (Å²) in [6.45, 7) is 6.38. The largest absolute Gasteiger partial charge is 0.379 e. The predicted molar refractivity (Wildman–Crippen MR) is 149 cm³/mol. The predicted octanol–water partition coefficient (Wildman–Crippen LogP) is 5.13. The topological polar surface area (TPSA) is 79.8 Å². The van der Waals surface area contributed by atoms with Crippen molar-refractivity contribution >= 4 is 66.4 Å². The van der Waals surface area contributed by atoms with Crippen LogP contribution >= 0.6 is 35.3 Å². The molecule has 202 valence electrons. The van der Waals surface area contributed by atoms with Crippen LogP contribution in [0, 0.1) is 12.7 Å². The zero-order chi connectivity index (χ0) is 25.7. The highest BCUT2D eigenvalue weighted by atomic mass is 35.5. The van der Waals surface area contributed by atoms with Crippen molar-refractivity contribution in [3.8, 4) is 0 Å². The van der Waals surface area contributed by atoms with Crippen LogP contribution in [0.25, 0.3) is 10.2 Å². The van der Waals surface area contributed by atoms with Crippen LogP contribution < -0.4 is 4.90 Å². The number of amides is 1. The van der Waals surface area contributed by atoms with Gasteiger partial charge in [0.05, 0.1) is 34.1 Å². The van der Waals surface area contributed by atoms with Gasteiger partial charge < -0.3 is 4.74 Å². The smallest absolute Gasteiger partial charge is 0.228 e. The zero-order valence-corrected chi connectivity index (χ0v) is 23.7. The Balaban J connectivity index is 0.00000380. The lowest BCUT2D eigenvalue weighted by molar-refractivity contribution is -0.118. The first-order chi connectivity index (χ1) is 17.2. The number of morpholine rings is 1. The summed E-state index contributed by atoms with van der Waals surface area (Å²) in [7, 11) is -3.61. The van der Waals surface area contributed by atoms with Crippen molar-refractivity contribution < 1.29 is 22.3 Å². The minimum Gasteiger partial charge on any atom is -0.379 e. The zero-order valence-electron chi connectivity index (χ0n) is 20.5. The first-order valence-electron chi connectivity index (χ1n) is 11.9. The molecule has 0 bridgehead atoms. The average molecular weight is 591 g/mol. The van der Waals surface area contributed by atoms with Crippen molar-refractivity contribution in [1.82, 2.24) is 9.88 Å². The second-order valence-corrected chi connectivity index (χ2v) is 12.3. The fourth-order valence-corrected chi connectivity index (χ4v) is 6.65. The minimum atomic E-state index is -3.61. The van der Waals surface area contributed by atoms with E-state index in [4.69, 9.17) is 21.3 Å². The van der Waals surface area contributed by atoms with E-state index < -0.39 is 15.7 Å². The molecule has 2 aromatic carbocycles. The van der Waals surface area contributed by atoms with Crippen LogP contribution in [-0.2, 0) is 19.4 Å². The molecule has 1 aliphatic rings. The molecule has 2 heterocycles. The summed E-state index contributed by atoms with van der Waals surface area (Å²) < 4.78 is 44.7. The van der Waals surface area contributed by atoms with Crippen molar-refractivity contribution in [2.75, 3.05) is 50.0 Å². The maximum absolute atomic E-state index is 13.3. The van der Waals surface area contributed by atoms with Gasteiger partial charge in [-0.25, -0.2) is 17.8 Å². The van der Waals surface area contributed by atoms with Gasteiger partial charge in [0.1, 0.15) is 5.82 Å². The number of thiazole rings is 1. The van der Waals surface area contributed by atoms with Gasteiger partial charge >= 0.3 is 0 Å². The molecule has 4 rings (SSSR count). The molecule has 1 aliphatic heterocycles. The molecule has 3 aromatic rings. The number of aromatic nitrogens is 1. The van der Waals surface area contributed by atoms with Gasteiger partial charge in [-0.15, -0.1) is 12.4 Å². The summed E-state index contributed by atoms with van der Waals surface area (Å²) in [5, 5.41) is 1.21. The van der Waals surface area contributed by atoms with Gasteiger partial charge in [-0.1, -0.05) is 22.9 Å². The fraction of sp³-hybridized carbons (Fsp3) is 0.440. The molecular weight excluding hydrogens is 560 g/mol. The second kappa shape index (κ2) is 13.3. The molecule has 0 atom stereocenters. The van der Waals surface area contributed by atoms with Crippen molar-refractivity contribution in [3.05, 3.63) is 52.8 Å². The highest BCUT2D eigenvalue weighted by molar-refractivity contribution is 7.91. The van der Waals surface area contributed by atoms with E-state index in [9.17, 15) is 17.6 Å². The van der Waals surface area contributed by atoms with Crippen LogP contribution in [0.3, 0.4) is 0 Å². The Bertz CT molecular complexity index is 1310. The third kappa shape index (κ3) is 7.61.